The van der Waals surface area contributed by atoms with Gasteiger partial charge in [-0.2, -0.15) is 0 Å². The standard InChI is InChI=1S/C34H42BrN3O8/c1-20-11-13-21(2)46-34(44)30(31(45-5)24-9-7-6-8-10-24)37-32(42)27(18-23-14-16-28(40)26(35)17-23)38(4)33(43)22(3)36-29(41)19-25(39)15-12-20/h6-10,12,14,16-17,21-22,25,27,39-40H,11,13,15,18-19H2,1-5H3,(H,36,41)(H,37,42)/b20-12?,31-30+/t21-,22-,25+,27+/m0/s1. The summed E-state index contributed by atoms with van der Waals surface area (Å²) in [4.78, 5) is 55.3. The molecule has 0 aromatic heterocycles. The van der Waals surface area contributed by atoms with E-state index < -0.39 is 48.0 Å². The van der Waals surface area contributed by atoms with Crippen LogP contribution in [0.5, 0.6) is 5.75 Å². The average Bonchev–Trinajstić information content (AvgIpc) is 3.02. The molecule has 2 aromatic rings. The molecule has 0 saturated carbocycles. The highest BCUT2D eigenvalue weighted by Gasteiger charge is 2.34. The number of nitrogens with one attached hydrogen (secondary N) is 2. The van der Waals surface area contributed by atoms with E-state index in [1.807, 2.05) is 13.0 Å². The topological polar surface area (TPSA) is 154 Å². The van der Waals surface area contributed by atoms with Crippen molar-refractivity contribution >= 4 is 45.4 Å². The number of carbonyl (C=O) groups is 4. The van der Waals surface area contributed by atoms with Gasteiger partial charge in [-0.25, -0.2) is 4.79 Å². The Bertz CT molecular complexity index is 1480. The summed E-state index contributed by atoms with van der Waals surface area (Å²) >= 11 is 3.28. The molecule has 3 amide bonds. The first kappa shape index (κ1) is 36.3. The number of nitrogens with zero attached hydrogens (tertiary/aromatic N) is 1. The van der Waals surface area contributed by atoms with Gasteiger partial charge in [-0.1, -0.05) is 48.0 Å². The van der Waals surface area contributed by atoms with Gasteiger partial charge >= 0.3 is 5.97 Å². The molecule has 4 atom stereocenters. The largest absolute Gasteiger partial charge is 0.507 e. The molecule has 0 fully saturated rings. The molecule has 4 N–H and O–H groups in total. The van der Waals surface area contributed by atoms with Crippen LogP contribution in [0.25, 0.3) is 5.76 Å². The molecule has 1 aliphatic rings. The zero-order valence-electron chi connectivity index (χ0n) is 26.7. The van der Waals surface area contributed by atoms with Gasteiger partial charge in [0, 0.05) is 19.0 Å². The molecular formula is C34H42BrN3O8. The summed E-state index contributed by atoms with van der Waals surface area (Å²) in [5, 5.41) is 25.7. The highest BCUT2D eigenvalue weighted by atomic mass is 79.9. The molecule has 12 heteroatoms. The Balaban J connectivity index is 2.10. The van der Waals surface area contributed by atoms with Crippen LogP contribution < -0.4 is 10.6 Å². The number of ether oxygens (including phenoxy) is 2. The highest BCUT2D eigenvalue weighted by molar-refractivity contribution is 9.10. The maximum atomic E-state index is 14.1. The number of halogens is 1. The summed E-state index contributed by atoms with van der Waals surface area (Å²) in [7, 11) is 2.80. The number of rotatable bonds is 4. The minimum Gasteiger partial charge on any atom is -0.507 e. The van der Waals surface area contributed by atoms with Crippen LogP contribution in [0, 0.1) is 0 Å². The van der Waals surface area contributed by atoms with Gasteiger partial charge < -0.3 is 35.2 Å². The number of aliphatic hydroxyl groups is 1. The van der Waals surface area contributed by atoms with Crippen molar-refractivity contribution < 1.29 is 38.9 Å². The smallest absolute Gasteiger partial charge is 0.359 e. The molecule has 0 unspecified atom stereocenters. The van der Waals surface area contributed by atoms with E-state index in [0.29, 0.717) is 28.4 Å². The lowest BCUT2D eigenvalue weighted by Crippen LogP contribution is -2.54. The van der Waals surface area contributed by atoms with Crippen LogP contribution in [-0.2, 0) is 35.1 Å². The number of likely N-dealkylation sites (N-methyl/N-ethyl adjacent to an activating group) is 1. The van der Waals surface area contributed by atoms with Crippen molar-refractivity contribution in [2.45, 2.75) is 77.2 Å². The van der Waals surface area contributed by atoms with Crippen molar-refractivity contribution in [2.24, 2.45) is 0 Å². The fourth-order valence-electron chi connectivity index (χ4n) is 4.96. The number of phenols is 1. The number of hydrogen-bond donors (Lipinski definition) is 4. The fourth-order valence-corrected chi connectivity index (χ4v) is 5.38. The van der Waals surface area contributed by atoms with Crippen molar-refractivity contribution in [2.75, 3.05) is 14.2 Å². The Labute approximate surface area is 277 Å². The molecular weight excluding hydrogens is 658 g/mol. The van der Waals surface area contributed by atoms with Crippen molar-refractivity contribution in [3.63, 3.8) is 0 Å². The van der Waals surface area contributed by atoms with Crippen LogP contribution in [0.2, 0.25) is 0 Å². The molecule has 0 saturated heterocycles. The number of phenolic OH excluding ortho intramolecular Hbond substituents is 1. The SMILES string of the molecule is CO/C(=C1/NC(=O)[C@@H](Cc2ccc(O)c(Br)c2)N(C)C(=O)[C@H](C)NC(=O)C[C@H](O)CC=C(C)CC[C@H](C)OC1=O)c1ccccc1. The Morgan fingerprint density at radius 2 is 1.80 bits per heavy atom. The quantitative estimate of drug-likeness (QED) is 0.162. The van der Waals surface area contributed by atoms with Gasteiger partial charge in [-0.3, -0.25) is 14.4 Å². The van der Waals surface area contributed by atoms with Gasteiger partial charge in [0.15, 0.2) is 11.5 Å². The van der Waals surface area contributed by atoms with E-state index >= 15 is 0 Å². The summed E-state index contributed by atoms with van der Waals surface area (Å²) < 4.78 is 11.8. The zero-order chi connectivity index (χ0) is 34.0. The number of carbonyl (C=O) groups excluding carboxylic acids is 4. The van der Waals surface area contributed by atoms with Crippen molar-refractivity contribution in [1.82, 2.24) is 15.5 Å². The molecule has 0 bridgehead atoms. The lowest BCUT2D eigenvalue weighted by atomic mass is 10.0. The highest BCUT2D eigenvalue weighted by Crippen LogP contribution is 2.26. The van der Waals surface area contributed by atoms with Crippen molar-refractivity contribution in [3.05, 3.63) is 81.5 Å². The molecule has 3 rings (SSSR count). The first-order chi connectivity index (χ1) is 21.8. The molecule has 0 aliphatic carbocycles. The number of benzene rings is 2. The Morgan fingerprint density at radius 3 is 2.46 bits per heavy atom. The van der Waals surface area contributed by atoms with Gasteiger partial charge in [0.1, 0.15) is 17.8 Å². The van der Waals surface area contributed by atoms with Gasteiger partial charge in [-0.05, 0) is 73.7 Å². The van der Waals surface area contributed by atoms with E-state index in [4.69, 9.17) is 9.47 Å². The first-order valence-electron chi connectivity index (χ1n) is 15.0. The predicted octanol–water partition coefficient (Wildman–Crippen LogP) is 3.97. The van der Waals surface area contributed by atoms with Crippen LogP contribution in [0.15, 0.2) is 70.3 Å². The average molecular weight is 701 g/mol. The number of allylic oxidation sites excluding steroid dienone is 1. The van der Waals surface area contributed by atoms with Crippen molar-refractivity contribution in [1.29, 1.82) is 0 Å². The minimum absolute atomic E-state index is 0.00302. The van der Waals surface area contributed by atoms with Crippen LogP contribution in [-0.4, -0.2) is 77.3 Å². The lowest BCUT2D eigenvalue weighted by Gasteiger charge is -2.30. The maximum Gasteiger partial charge on any atom is 0.359 e. The molecule has 1 aliphatic heterocycles. The number of aliphatic hydroxyl groups excluding tert-OH is 1. The summed E-state index contributed by atoms with van der Waals surface area (Å²) in [6, 6.07) is 11.2. The lowest BCUT2D eigenvalue weighted by molar-refractivity contribution is -0.146. The third kappa shape index (κ3) is 10.2. The van der Waals surface area contributed by atoms with E-state index in [-0.39, 0.29) is 36.5 Å². The monoisotopic (exact) mass is 699 g/mol. The summed E-state index contributed by atoms with van der Waals surface area (Å²) in [5.74, 6) is -2.56. The van der Waals surface area contributed by atoms with E-state index in [1.165, 1.54) is 32.0 Å². The second kappa shape index (κ2) is 17.0. The second-order valence-electron chi connectivity index (χ2n) is 11.4. The number of aromatic hydroxyl groups is 1. The maximum absolute atomic E-state index is 14.1. The number of methoxy groups -OCH3 is 1. The summed E-state index contributed by atoms with van der Waals surface area (Å²) in [6.45, 7) is 5.11. The Hall–Kier alpha value is -4.16. The molecule has 11 nitrogen and oxygen atoms in total. The number of cyclic esters (lactones) is 1. The van der Waals surface area contributed by atoms with Gasteiger partial charge in [-0.15, -0.1) is 0 Å². The van der Waals surface area contributed by atoms with Gasteiger partial charge in [0.2, 0.25) is 17.7 Å². The fraction of sp³-hybridized carbons (Fsp3) is 0.412. The first-order valence-corrected chi connectivity index (χ1v) is 15.8. The third-order valence-corrected chi connectivity index (χ3v) is 8.27. The predicted molar refractivity (Wildman–Crippen MR) is 176 cm³/mol. The van der Waals surface area contributed by atoms with Gasteiger partial charge in [0.25, 0.3) is 0 Å². The van der Waals surface area contributed by atoms with E-state index in [2.05, 4.69) is 26.6 Å². The van der Waals surface area contributed by atoms with Crippen LogP contribution in [0.4, 0.5) is 0 Å². The van der Waals surface area contributed by atoms with E-state index in [9.17, 15) is 29.4 Å². The number of esters is 1. The van der Waals surface area contributed by atoms with Crippen LogP contribution in [0.1, 0.15) is 57.6 Å². The van der Waals surface area contributed by atoms with E-state index in [1.54, 1.807) is 49.4 Å². The molecule has 248 valence electrons. The van der Waals surface area contributed by atoms with E-state index in [0.717, 1.165) is 5.57 Å². The van der Waals surface area contributed by atoms with Crippen LogP contribution in [0.3, 0.4) is 0 Å². The van der Waals surface area contributed by atoms with Gasteiger partial charge in [0.05, 0.1) is 30.2 Å². The minimum atomic E-state index is -1.18. The molecule has 0 spiro atoms. The van der Waals surface area contributed by atoms with Crippen LogP contribution >= 0.6 is 15.9 Å². The summed E-state index contributed by atoms with van der Waals surface area (Å²) in [5.41, 5.74) is 1.82. The summed E-state index contributed by atoms with van der Waals surface area (Å²) in [6.07, 6.45) is 1.36. The van der Waals surface area contributed by atoms with Crippen molar-refractivity contribution in [3.8, 4) is 5.75 Å². The third-order valence-electron chi connectivity index (χ3n) is 7.64. The number of hydrogen-bond acceptors (Lipinski definition) is 8. The Morgan fingerprint density at radius 1 is 1.11 bits per heavy atom. The second-order valence-corrected chi connectivity index (χ2v) is 12.3. The molecule has 1 heterocycles. The normalized spacial score (nSPS) is 24.0. The molecule has 2 aromatic carbocycles. The Kier molecular flexibility index (Phi) is 13.4. The molecule has 46 heavy (non-hydrogen) atoms. The molecule has 0 radical (unpaired) electrons. The number of amides is 3. The zero-order valence-corrected chi connectivity index (χ0v) is 28.3.